The number of anilines is 1. The molecule has 1 N–H and O–H groups in total. The fraction of sp³-hybridized carbons (Fsp3) is 0.133. The molecule has 136 valence electrons. The number of benzene rings is 1. The maximum Gasteiger partial charge on any atom is 0.293 e. The van der Waals surface area contributed by atoms with Crippen LogP contribution in [-0.2, 0) is 9.84 Å². The number of nitrogens with one attached hydrogen (secondary N) is 1. The summed E-state index contributed by atoms with van der Waals surface area (Å²) in [5.41, 5.74) is 0. The van der Waals surface area contributed by atoms with E-state index in [2.05, 4.69) is 14.7 Å². The normalized spacial score (nSPS) is 11.5. The van der Waals surface area contributed by atoms with Crippen LogP contribution in [0.25, 0.3) is 0 Å². The third kappa shape index (κ3) is 4.09. The molecular formula is C15H12ClN3O4S3. The Morgan fingerprint density at radius 2 is 2.00 bits per heavy atom. The smallest absolute Gasteiger partial charge is 0.293 e. The number of carbonyl (C=O) groups excluding carboxylic acids is 1. The summed E-state index contributed by atoms with van der Waals surface area (Å²) in [6.07, 6.45) is 0. The van der Waals surface area contributed by atoms with Gasteiger partial charge in [0.2, 0.25) is 25.2 Å². The van der Waals surface area contributed by atoms with Crippen molar-refractivity contribution in [2.45, 2.75) is 22.1 Å². The molecule has 0 aliphatic heterocycles. The molecule has 0 saturated carbocycles. The summed E-state index contributed by atoms with van der Waals surface area (Å²) in [6.45, 7) is 1.97. The SMILES string of the molecule is CCSc1nsc(NC(=O)c2ccc(S(=O)(=O)c3ccc(Cl)cc3)o2)n1. The highest BCUT2D eigenvalue weighted by molar-refractivity contribution is 7.99. The van der Waals surface area contributed by atoms with Crippen molar-refractivity contribution in [2.24, 2.45) is 0 Å². The van der Waals surface area contributed by atoms with Gasteiger partial charge in [0.1, 0.15) is 0 Å². The van der Waals surface area contributed by atoms with Crippen LogP contribution in [0.2, 0.25) is 5.02 Å². The van der Waals surface area contributed by atoms with E-state index in [1.807, 2.05) is 6.92 Å². The molecule has 0 aliphatic rings. The number of amides is 1. The van der Waals surface area contributed by atoms with Gasteiger partial charge in [-0.25, -0.2) is 8.42 Å². The molecule has 0 unspecified atom stereocenters. The van der Waals surface area contributed by atoms with E-state index >= 15 is 0 Å². The topological polar surface area (TPSA) is 102 Å². The Morgan fingerprint density at radius 3 is 2.69 bits per heavy atom. The van der Waals surface area contributed by atoms with Gasteiger partial charge in [0, 0.05) is 16.6 Å². The molecule has 0 bridgehead atoms. The van der Waals surface area contributed by atoms with Crippen LogP contribution in [-0.4, -0.2) is 29.4 Å². The van der Waals surface area contributed by atoms with Crippen molar-refractivity contribution in [3.8, 4) is 0 Å². The quantitative estimate of drug-likeness (QED) is 0.591. The first-order valence-corrected chi connectivity index (χ1v) is 10.9. The lowest BCUT2D eigenvalue weighted by molar-refractivity contribution is 0.0991. The van der Waals surface area contributed by atoms with Crippen LogP contribution in [0.1, 0.15) is 17.5 Å². The van der Waals surface area contributed by atoms with Crippen molar-refractivity contribution in [3.63, 3.8) is 0 Å². The zero-order valence-corrected chi connectivity index (χ0v) is 16.5. The molecule has 2 heterocycles. The van der Waals surface area contributed by atoms with Gasteiger partial charge in [0.15, 0.2) is 5.76 Å². The number of aromatic nitrogens is 2. The Kier molecular flexibility index (Phi) is 5.66. The van der Waals surface area contributed by atoms with Crippen LogP contribution < -0.4 is 5.32 Å². The molecule has 3 aromatic rings. The number of sulfone groups is 1. The number of hydrogen-bond acceptors (Lipinski definition) is 8. The van der Waals surface area contributed by atoms with Crippen molar-refractivity contribution in [1.29, 1.82) is 0 Å². The third-order valence-corrected chi connectivity index (χ3v) is 6.46. The first-order chi connectivity index (χ1) is 12.4. The van der Waals surface area contributed by atoms with Crippen molar-refractivity contribution in [2.75, 3.05) is 11.1 Å². The number of rotatable bonds is 6. The summed E-state index contributed by atoms with van der Waals surface area (Å²) < 4.78 is 34.4. The van der Waals surface area contributed by atoms with Crippen LogP contribution in [0.5, 0.6) is 0 Å². The van der Waals surface area contributed by atoms with E-state index in [0.29, 0.717) is 15.3 Å². The number of nitrogens with zero attached hydrogens (tertiary/aromatic N) is 2. The molecule has 0 aliphatic carbocycles. The summed E-state index contributed by atoms with van der Waals surface area (Å²) in [6, 6.07) is 8.19. The molecule has 0 fully saturated rings. The average molecular weight is 430 g/mol. The maximum absolute atomic E-state index is 12.5. The van der Waals surface area contributed by atoms with Gasteiger partial charge in [-0.3, -0.25) is 10.1 Å². The van der Waals surface area contributed by atoms with Gasteiger partial charge in [-0.15, -0.1) is 0 Å². The molecular weight excluding hydrogens is 418 g/mol. The molecule has 1 aromatic carbocycles. The summed E-state index contributed by atoms with van der Waals surface area (Å²) in [7, 11) is -3.88. The van der Waals surface area contributed by atoms with Crippen LogP contribution in [0.15, 0.2) is 56.0 Å². The van der Waals surface area contributed by atoms with Gasteiger partial charge < -0.3 is 4.42 Å². The van der Waals surface area contributed by atoms with E-state index in [1.165, 1.54) is 48.2 Å². The highest BCUT2D eigenvalue weighted by Crippen LogP contribution is 2.25. The second kappa shape index (κ2) is 7.78. The number of carbonyl (C=O) groups is 1. The largest absolute Gasteiger partial charge is 0.439 e. The Bertz CT molecular complexity index is 1030. The zero-order valence-electron chi connectivity index (χ0n) is 13.3. The summed E-state index contributed by atoms with van der Waals surface area (Å²) >= 11 is 8.26. The molecule has 7 nitrogen and oxygen atoms in total. The first-order valence-electron chi connectivity index (χ1n) is 7.28. The van der Waals surface area contributed by atoms with Crippen molar-refractivity contribution >= 4 is 55.8 Å². The Morgan fingerprint density at radius 1 is 1.27 bits per heavy atom. The highest BCUT2D eigenvalue weighted by atomic mass is 35.5. The molecule has 2 aromatic heterocycles. The Balaban J connectivity index is 1.78. The molecule has 1 amide bonds. The molecule has 26 heavy (non-hydrogen) atoms. The lowest BCUT2D eigenvalue weighted by Gasteiger charge is -2.01. The maximum atomic E-state index is 12.5. The van der Waals surface area contributed by atoms with Crippen molar-refractivity contribution < 1.29 is 17.6 Å². The molecule has 11 heteroatoms. The fourth-order valence-corrected chi connectivity index (χ4v) is 4.49. The summed E-state index contributed by atoms with van der Waals surface area (Å²) in [4.78, 5) is 16.4. The van der Waals surface area contributed by atoms with Gasteiger partial charge in [-0.1, -0.05) is 30.3 Å². The number of hydrogen-bond donors (Lipinski definition) is 1. The van der Waals surface area contributed by atoms with E-state index in [4.69, 9.17) is 16.0 Å². The second-order valence-corrected chi connectivity index (χ2v) is 9.15. The van der Waals surface area contributed by atoms with E-state index < -0.39 is 15.7 Å². The number of furan rings is 1. The predicted molar refractivity (Wildman–Crippen MR) is 99.9 cm³/mol. The van der Waals surface area contributed by atoms with Gasteiger partial charge in [0.05, 0.1) is 4.90 Å². The van der Waals surface area contributed by atoms with E-state index in [9.17, 15) is 13.2 Å². The van der Waals surface area contributed by atoms with Crippen LogP contribution in [0.4, 0.5) is 5.13 Å². The number of thioether (sulfide) groups is 1. The zero-order chi connectivity index (χ0) is 18.7. The molecule has 0 radical (unpaired) electrons. The molecule has 0 atom stereocenters. The Labute approximate surface area is 162 Å². The first kappa shape index (κ1) is 18.9. The molecule has 3 rings (SSSR count). The summed E-state index contributed by atoms with van der Waals surface area (Å²) in [5, 5.41) is 3.50. The van der Waals surface area contributed by atoms with Crippen LogP contribution in [0, 0.1) is 0 Å². The summed E-state index contributed by atoms with van der Waals surface area (Å²) in [5.74, 6) is 0.0676. The predicted octanol–water partition coefficient (Wildman–Crippen LogP) is 3.98. The van der Waals surface area contributed by atoms with E-state index in [-0.39, 0.29) is 15.7 Å². The van der Waals surface area contributed by atoms with Gasteiger partial charge >= 0.3 is 0 Å². The van der Waals surface area contributed by atoms with E-state index in [1.54, 1.807) is 0 Å². The lowest BCUT2D eigenvalue weighted by atomic mass is 10.4. The van der Waals surface area contributed by atoms with Crippen molar-refractivity contribution in [3.05, 3.63) is 47.2 Å². The minimum Gasteiger partial charge on any atom is -0.439 e. The highest BCUT2D eigenvalue weighted by Gasteiger charge is 2.24. The number of halogens is 1. The van der Waals surface area contributed by atoms with Gasteiger partial charge in [-0.05, 0) is 42.2 Å². The van der Waals surface area contributed by atoms with E-state index in [0.717, 1.165) is 17.3 Å². The Hall–Kier alpha value is -1.88. The molecule has 0 saturated heterocycles. The minimum absolute atomic E-state index is 0.0218. The fourth-order valence-electron chi connectivity index (χ4n) is 1.92. The van der Waals surface area contributed by atoms with Crippen LogP contribution >= 0.6 is 34.9 Å². The molecule has 0 spiro atoms. The lowest BCUT2D eigenvalue weighted by Crippen LogP contribution is -2.10. The van der Waals surface area contributed by atoms with Crippen LogP contribution in [0.3, 0.4) is 0 Å². The van der Waals surface area contributed by atoms with Gasteiger partial charge in [0.25, 0.3) is 5.91 Å². The van der Waals surface area contributed by atoms with Gasteiger partial charge in [-0.2, -0.15) is 9.36 Å². The standard InChI is InChI=1S/C15H12ClN3O4S3/c1-2-24-15-18-14(25-19-15)17-13(20)11-7-8-12(23-11)26(21,22)10-5-3-9(16)4-6-10/h3-8H,2H2,1H3,(H,17,18,19,20). The third-order valence-electron chi connectivity index (χ3n) is 3.10. The van der Waals surface area contributed by atoms with Crippen molar-refractivity contribution in [1.82, 2.24) is 9.36 Å². The monoisotopic (exact) mass is 429 g/mol. The minimum atomic E-state index is -3.88. The average Bonchev–Trinajstić information content (AvgIpc) is 3.25. The second-order valence-electron chi connectivity index (χ2n) is 4.85.